The quantitative estimate of drug-likeness (QED) is 0.143. The van der Waals surface area contributed by atoms with E-state index in [1.165, 1.54) is 89.0 Å². The van der Waals surface area contributed by atoms with Crippen molar-refractivity contribution < 1.29 is 0 Å². The summed E-state index contributed by atoms with van der Waals surface area (Å²) in [6, 6.07) is 85.9. The van der Waals surface area contributed by atoms with Gasteiger partial charge in [-0.05, 0) is 112 Å². The van der Waals surface area contributed by atoms with Gasteiger partial charge in [0.15, 0.2) is 0 Å². The van der Waals surface area contributed by atoms with Crippen molar-refractivity contribution in [1.82, 2.24) is 0 Å². The van der Waals surface area contributed by atoms with Gasteiger partial charge in [0.1, 0.15) is 0 Å². The molecule has 0 aromatic heterocycles. The lowest BCUT2D eigenvalue weighted by Gasteiger charge is -2.11. The summed E-state index contributed by atoms with van der Waals surface area (Å²) in [6.07, 6.45) is 0. The Bertz CT molecular complexity index is 3120. The predicted octanol–water partition coefficient (Wildman–Crippen LogP) is 17.3. The van der Waals surface area contributed by atoms with Gasteiger partial charge >= 0.3 is 0 Å². The molecule has 61 heavy (non-hydrogen) atoms. The zero-order chi connectivity index (χ0) is 40.7. The van der Waals surface area contributed by atoms with Crippen LogP contribution in [0, 0.1) is 0 Å². The van der Waals surface area contributed by atoms with E-state index >= 15 is 0 Å². The molecule has 0 radical (unpaired) electrons. The van der Waals surface area contributed by atoms with Gasteiger partial charge in [0, 0.05) is 10.6 Å². The Hall–Kier alpha value is -7.51. The molecule has 286 valence electrons. The van der Waals surface area contributed by atoms with E-state index in [0.717, 1.165) is 27.3 Å². The van der Waals surface area contributed by atoms with Crippen LogP contribution in [0.5, 0.6) is 0 Å². The number of hydrogen-bond acceptors (Lipinski definition) is 0. The minimum Gasteiger partial charge on any atom is -0.0836 e. The van der Waals surface area contributed by atoms with Crippen molar-refractivity contribution in [3.05, 3.63) is 242 Å². The molecule has 0 saturated heterocycles. The van der Waals surface area contributed by atoms with E-state index in [-0.39, 0.29) is 0 Å². The Labute approximate surface area is 362 Å². The van der Waals surface area contributed by atoms with Crippen molar-refractivity contribution >= 4 is 11.6 Å². The molecule has 0 aliphatic heterocycles. The second kappa shape index (κ2) is 15.6. The topological polar surface area (TPSA) is 0 Å². The SMILES string of the molecule is Clc1cc2ccc1-c1ccc(cc1)-c1ccc(cc1)-c1ccc(cc1)-c1ccc(cc1)-c1ccc(cc1)-c1ccc(cc1)-c1ccc(cc1)-c1ccc(cc1)-c1ccc-2cc1. The average molecular weight is 795 g/mol. The molecule has 0 N–H and O–H groups in total. The van der Waals surface area contributed by atoms with E-state index in [0.29, 0.717) is 0 Å². The molecule has 28 aliphatic rings. The van der Waals surface area contributed by atoms with Crippen LogP contribution in [0.25, 0.3) is 111 Å². The van der Waals surface area contributed by atoms with Crippen molar-refractivity contribution in [3.63, 3.8) is 0 Å². The van der Waals surface area contributed by atoms with Crippen molar-refractivity contribution in [3.8, 4) is 111 Å². The summed E-state index contributed by atoms with van der Waals surface area (Å²) in [5, 5.41) is 0.739. The van der Waals surface area contributed by atoms with E-state index in [4.69, 9.17) is 11.6 Å². The first-order valence-corrected chi connectivity index (χ1v) is 21.2. The molecule has 0 nitrogen and oxygen atoms in total. The van der Waals surface area contributed by atoms with Gasteiger partial charge in [-0.2, -0.15) is 0 Å². The van der Waals surface area contributed by atoms with Crippen LogP contribution in [0.4, 0.5) is 0 Å². The third-order valence-electron chi connectivity index (χ3n) is 12.2. The van der Waals surface area contributed by atoms with Gasteiger partial charge in [-0.1, -0.05) is 242 Å². The molecule has 20 bridgehead atoms. The maximum absolute atomic E-state index is 6.95. The van der Waals surface area contributed by atoms with Crippen molar-refractivity contribution in [2.24, 2.45) is 0 Å². The van der Waals surface area contributed by atoms with Crippen molar-refractivity contribution in [2.45, 2.75) is 0 Å². The highest BCUT2D eigenvalue weighted by molar-refractivity contribution is 6.33. The fourth-order valence-corrected chi connectivity index (χ4v) is 8.90. The molecule has 0 heterocycles. The van der Waals surface area contributed by atoms with Crippen LogP contribution in [0.2, 0.25) is 5.02 Å². The second-order valence-electron chi connectivity index (χ2n) is 15.9. The van der Waals surface area contributed by atoms with Gasteiger partial charge in [-0.15, -0.1) is 0 Å². The van der Waals surface area contributed by atoms with Crippen molar-refractivity contribution in [2.75, 3.05) is 0 Å². The molecule has 0 atom stereocenters. The van der Waals surface area contributed by atoms with Crippen LogP contribution in [-0.2, 0) is 0 Å². The maximum atomic E-state index is 6.95. The van der Waals surface area contributed by atoms with E-state index in [1.54, 1.807) is 0 Å². The molecule has 38 rings (SSSR count). The lowest BCUT2D eigenvalue weighted by molar-refractivity contribution is 1.55. The third kappa shape index (κ3) is 7.29. The van der Waals surface area contributed by atoms with Crippen LogP contribution >= 0.6 is 11.6 Å². The van der Waals surface area contributed by atoms with Crippen LogP contribution < -0.4 is 0 Å². The highest BCUT2D eigenvalue weighted by Crippen LogP contribution is 2.36. The lowest BCUT2D eigenvalue weighted by Crippen LogP contribution is -1.85. The summed E-state index contributed by atoms with van der Waals surface area (Å²) in [7, 11) is 0. The molecular weight excluding hydrogens is 756 g/mol. The van der Waals surface area contributed by atoms with Gasteiger partial charge in [-0.3, -0.25) is 0 Å². The Kier molecular flexibility index (Phi) is 9.34. The number of halogens is 1. The molecule has 0 spiro atoms. The molecule has 0 saturated carbocycles. The molecule has 10 aromatic carbocycles. The molecule has 28 aliphatic carbocycles. The largest absolute Gasteiger partial charge is 0.0836 e. The fourth-order valence-electron chi connectivity index (χ4n) is 8.61. The van der Waals surface area contributed by atoms with Crippen molar-refractivity contribution in [1.29, 1.82) is 0 Å². The molecule has 0 unspecified atom stereocenters. The predicted molar refractivity (Wildman–Crippen MR) is 259 cm³/mol. The van der Waals surface area contributed by atoms with E-state index in [1.807, 2.05) is 0 Å². The maximum Gasteiger partial charge on any atom is 0.0490 e. The molecule has 1 heteroatoms. The van der Waals surface area contributed by atoms with Gasteiger partial charge in [-0.25, -0.2) is 0 Å². The molecule has 10 aromatic rings. The van der Waals surface area contributed by atoms with Crippen LogP contribution in [-0.4, -0.2) is 0 Å². The fraction of sp³-hybridized carbons (Fsp3) is 0. The Morgan fingerprint density at radius 2 is 0.279 bits per heavy atom. The first kappa shape index (κ1) is 36.6. The van der Waals surface area contributed by atoms with E-state index in [2.05, 4.69) is 237 Å². The number of benzene rings is 10. The van der Waals surface area contributed by atoms with Gasteiger partial charge in [0.25, 0.3) is 0 Å². The highest BCUT2D eigenvalue weighted by Gasteiger charge is 2.10. The zero-order valence-corrected chi connectivity index (χ0v) is 34.2. The van der Waals surface area contributed by atoms with E-state index < -0.39 is 0 Å². The zero-order valence-electron chi connectivity index (χ0n) is 33.4. The van der Waals surface area contributed by atoms with Gasteiger partial charge in [0.2, 0.25) is 0 Å². The average Bonchev–Trinajstić information content (AvgIpc) is 3.34. The van der Waals surface area contributed by atoms with Gasteiger partial charge < -0.3 is 0 Å². The first-order chi connectivity index (χ1) is 30.1. The molecule has 0 fully saturated rings. The van der Waals surface area contributed by atoms with Crippen LogP contribution in [0.1, 0.15) is 0 Å². The van der Waals surface area contributed by atoms with E-state index in [9.17, 15) is 0 Å². The summed E-state index contributed by atoms with van der Waals surface area (Å²) in [4.78, 5) is 0. The summed E-state index contributed by atoms with van der Waals surface area (Å²) >= 11 is 6.95. The normalized spacial score (nSPS) is 11.4. The summed E-state index contributed by atoms with van der Waals surface area (Å²) < 4.78 is 0. The highest BCUT2D eigenvalue weighted by atomic mass is 35.5. The number of rotatable bonds is 0. The summed E-state index contributed by atoms with van der Waals surface area (Å²) in [5.41, 5.74) is 23.5. The molecular formula is C60H39Cl. The third-order valence-corrected chi connectivity index (χ3v) is 12.6. The smallest absolute Gasteiger partial charge is 0.0490 e. The lowest BCUT2D eigenvalue weighted by atomic mass is 9.95. The molecule has 0 amide bonds. The first-order valence-electron chi connectivity index (χ1n) is 20.8. The van der Waals surface area contributed by atoms with Crippen LogP contribution in [0.3, 0.4) is 0 Å². The van der Waals surface area contributed by atoms with Gasteiger partial charge in [0.05, 0.1) is 0 Å². The minimum absolute atomic E-state index is 0.739. The summed E-state index contributed by atoms with van der Waals surface area (Å²) in [5.74, 6) is 0. The Morgan fingerprint density at radius 1 is 0.148 bits per heavy atom. The Balaban J connectivity index is 0.913. The standard InChI is InChI=1S/C60H39Cl/c61-60-39-58-37-38-59(60)57-35-33-55(34-36-57)53-27-25-51(26-28-53)49-19-17-47(18-20-49)45-11-9-43(10-12-45)41-3-1-40(2-4-41)42-5-7-44(8-6-42)46-13-15-48(16-14-46)50-21-23-52(24-22-50)54-29-31-56(58)32-30-54/h1-39H. The van der Waals surface area contributed by atoms with Crippen LogP contribution in [0.15, 0.2) is 237 Å². The second-order valence-corrected chi connectivity index (χ2v) is 16.3. The number of hydrogen-bond donors (Lipinski definition) is 0. The minimum atomic E-state index is 0.739. The Morgan fingerprint density at radius 3 is 0.443 bits per heavy atom. The summed E-state index contributed by atoms with van der Waals surface area (Å²) in [6.45, 7) is 0. The monoisotopic (exact) mass is 794 g/mol.